The number of amides is 1. The van der Waals surface area contributed by atoms with Gasteiger partial charge in [0.15, 0.2) is 0 Å². The maximum atomic E-state index is 13.2. The number of hydrogen-bond donors (Lipinski definition) is 0. The molecule has 0 spiro atoms. The predicted molar refractivity (Wildman–Crippen MR) is 85.2 cm³/mol. The van der Waals surface area contributed by atoms with E-state index in [4.69, 9.17) is 4.74 Å². The van der Waals surface area contributed by atoms with E-state index >= 15 is 0 Å². The fraction of sp³-hybridized carbons (Fsp3) is 0.611. The van der Waals surface area contributed by atoms with Crippen LogP contribution in [0, 0.1) is 11.7 Å². The largest absolute Gasteiger partial charge is 0.383 e. The third kappa shape index (κ3) is 3.49. The molecular formula is C18H26FNO2. The molecule has 0 atom stereocenters. The first-order valence-corrected chi connectivity index (χ1v) is 8.04. The van der Waals surface area contributed by atoms with Crippen LogP contribution in [-0.2, 0) is 14.9 Å². The summed E-state index contributed by atoms with van der Waals surface area (Å²) < 4.78 is 18.3. The number of methoxy groups -OCH3 is 1. The Kier molecular flexibility index (Phi) is 5.57. The summed E-state index contributed by atoms with van der Waals surface area (Å²) in [5, 5.41) is 0. The molecule has 1 amide bonds. The minimum absolute atomic E-state index is 0.163. The normalized spacial score (nSPS) is 16.4. The van der Waals surface area contributed by atoms with Crippen molar-refractivity contribution in [2.24, 2.45) is 5.92 Å². The van der Waals surface area contributed by atoms with Crippen LogP contribution in [0.3, 0.4) is 0 Å². The maximum Gasteiger partial charge on any atom is 0.233 e. The Labute approximate surface area is 132 Å². The number of carbonyl (C=O) groups is 1. The lowest BCUT2D eigenvalue weighted by Crippen LogP contribution is -2.52. The molecule has 122 valence electrons. The molecule has 0 saturated heterocycles. The van der Waals surface area contributed by atoms with Crippen molar-refractivity contribution in [1.29, 1.82) is 0 Å². The van der Waals surface area contributed by atoms with Crippen LogP contribution in [0.1, 0.15) is 38.7 Å². The van der Waals surface area contributed by atoms with E-state index in [2.05, 4.69) is 13.8 Å². The van der Waals surface area contributed by atoms with E-state index in [0.717, 1.165) is 31.4 Å². The molecule has 1 aliphatic carbocycles. The van der Waals surface area contributed by atoms with E-state index in [0.29, 0.717) is 19.1 Å². The zero-order valence-corrected chi connectivity index (χ0v) is 13.8. The Bertz CT molecular complexity index is 494. The van der Waals surface area contributed by atoms with E-state index in [1.54, 1.807) is 19.2 Å². The number of benzene rings is 1. The molecule has 0 heterocycles. The second-order valence-electron chi connectivity index (χ2n) is 6.58. The van der Waals surface area contributed by atoms with Crippen LogP contribution in [0.15, 0.2) is 24.3 Å². The summed E-state index contributed by atoms with van der Waals surface area (Å²) in [6.07, 6.45) is 2.74. The van der Waals surface area contributed by atoms with E-state index in [1.807, 2.05) is 4.90 Å². The van der Waals surface area contributed by atoms with Crippen LogP contribution in [0.2, 0.25) is 0 Å². The molecule has 0 aliphatic heterocycles. The summed E-state index contributed by atoms with van der Waals surface area (Å²) in [5.41, 5.74) is 0.479. The fourth-order valence-electron chi connectivity index (χ4n) is 3.15. The smallest absolute Gasteiger partial charge is 0.233 e. The van der Waals surface area contributed by atoms with Crippen LogP contribution >= 0.6 is 0 Å². The monoisotopic (exact) mass is 307 g/mol. The molecule has 1 aliphatic rings. The van der Waals surface area contributed by atoms with Crippen molar-refractivity contribution in [2.45, 2.75) is 38.5 Å². The second kappa shape index (κ2) is 7.23. The van der Waals surface area contributed by atoms with Crippen LogP contribution in [0.5, 0.6) is 0 Å². The quantitative estimate of drug-likeness (QED) is 0.773. The summed E-state index contributed by atoms with van der Waals surface area (Å²) in [5.74, 6) is 0.311. The first kappa shape index (κ1) is 16.9. The lowest BCUT2D eigenvalue weighted by atomic mass is 9.63. The van der Waals surface area contributed by atoms with Gasteiger partial charge in [-0.2, -0.15) is 0 Å². The number of ether oxygens (including phenoxy) is 1. The number of rotatable bonds is 7. The van der Waals surface area contributed by atoms with Gasteiger partial charge in [0.1, 0.15) is 5.82 Å². The molecule has 4 heteroatoms. The van der Waals surface area contributed by atoms with Crippen molar-refractivity contribution in [3.05, 3.63) is 35.6 Å². The summed E-state index contributed by atoms with van der Waals surface area (Å²) in [6.45, 7) is 6.09. The Morgan fingerprint density at radius 2 is 1.95 bits per heavy atom. The van der Waals surface area contributed by atoms with E-state index in [-0.39, 0.29) is 11.7 Å². The number of carbonyl (C=O) groups excluding carboxylic acids is 1. The highest BCUT2D eigenvalue weighted by molar-refractivity contribution is 5.89. The Morgan fingerprint density at radius 3 is 2.41 bits per heavy atom. The second-order valence-corrected chi connectivity index (χ2v) is 6.58. The van der Waals surface area contributed by atoms with Crippen LogP contribution in [0.25, 0.3) is 0 Å². The average molecular weight is 307 g/mol. The van der Waals surface area contributed by atoms with Gasteiger partial charge in [0.2, 0.25) is 5.91 Å². The van der Waals surface area contributed by atoms with Crippen molar-refractivity contribution in [1.82, 2.24) is 4.90 Å². The molecule has 3 nitrogen and oxygen atoms in total. The first-order valence-electron chi connectivity index (χ1n) is 8.04. The van der Waals surface area contributed by atoms with Gasteiger partial charge in [-0.1, -0.05) is 32.4 Å². The summed E-state index contributed by atoms with van der Waals surface area (Å²) >= 11 is 0. The van der Waals surface area contributed by atoms with E-state index in [1.165, 1.54) is 12.1 Å². The zero-order chi connectivity index (χ0) is 16.2. The molecule has 0 aromatic heterocycles. The van der Waals surface area contributed by atoms with Crippen molar-refractivity contribution in [2.75, 3.05) is 26.8 Å². The van der Waals surface area contributed by atoms with Crippen LogP contribution in [0.4, 0.5) is 4.39 Å². The van der Waals surface area contributed by atoms with Gasteiger partial charge >= 0.3 is 0 Å². The van der Waals surface area contributed by atoms with Crippen molar-refractivity contribution >= 4 is 5.91 Å². The van der Waals surface area contributed by atoms with Gasteiger partial charge in [0, 0.05) is 20.2 Å². The molecule has 22 heavy (non-hydrogen) atoms. The van der Waals surface area contributed by atoms with E-state index < -0.39 is 5.41 Å². The molecule has 0 radical (unpaired) electrons. The van der Waals surface area contributed by atoms with Crippen molar-refractivity contribution in [3.63, 3.8) is 0 Å². The van der Waals surface area contributed by atoms with Crippen molar-refractivity contribution in [3.8, 4) is 0 Å². The molecule has 1 fully saturated rings. The summed E-state index contributed by atoms with van der Waals surface area (Å²) in [7, 11) is 1.65. The number of nitrogens with zero attached hydrogens (tertiary/aromatic N) is 1. The number of halogens is 1. The maximum absolute atomic E-state index is 13.2. The lowest BCUT2D eigenvalue weighted by Gasteiger charge is -2.44. The predicted octanol–water partition coefficient (Wildman–Crippen LogP) is 3.38. The Balaban J connectivity index is 2.23. The third-order valence-electron chi connectivity index (χ3n) is 4.45. The van der Waals surface area contributed by atoms with Crippen LogP contribution < -0.4 is 0 Å². The molecule has 2 rings (SSSR count). The van der Waals surface area contributed by atoms with E-state index in [9.17, 15) is 9.18 Å². The molecule has 0 unspecified atom stereocenters. The van der Waals surface area contributed by atoms with Gasteiger partial charge in [0.25, 0.3) is 0 Å². The van der Waals surface area contributed by atoms with Crippen molar-refractivity contribution < 1.29 is 13.9 Å². The molecule has 0 N–H and O–H groups in total. The average Bonchev–Trinajstić information content (AvgIpc) is 2.43. The van der Waals surface area contributed by atoms with Gasteiger partial charge in [-0.3, -0.25) is 4.79 Å². The highest BCUT2D eigenvalue weighted by atomic mass is 19.1. The van der Waals surface area contributed by atoms with Gasteiger partial charge < -0.3 is 9.64 Å². The topological polar surface area (TPSA) is 29.5 Å². The SMILES string of the molecule is COCCN(CC(C)C)C(=O)C1(c2ccc(F)cc2)CCC1. The zero-order valence-electron chi connectivity index (χ0n) is 13.8. The standard InChI is InChI=1S/C18H26FNO2/c1-14(2)13-20(11-12-22-3)17(21)18(9-4-10-18)15-5-7-16(19)8-6-15/h5-8,14H,4,9-13H2,1-3H3. The van der Waals surface area contributed by atoms with Gasteiger partial charge in [-0.15, -0.1) is 0 Å². The molecular weight excluding hydrogens is 281 g/mol. The first-order chi connectivity index (χ1) is 10.5. The van der Waals surface area contributed by atoms with Gasteiger partial charge in [0.05, 0.1) is 12.0 Å². The highest BCUT2D eigenvalue weighted by Gasteiger charge is 2.47. The Morgan fingerprint density at radius 1 is 1.32 bits per heavy atom. The summed E-state index contributed by atoms with van der Waals surface area (Å²) in [4.78, 5) is 15.1. The molecule has 0 bridgehead atoms. The Hall–Kier alpha value is -1.42. The fourth-order valence-corrected chi connectivity index (χ4v) is 3.15. The molecule has 1 aromatic rings. The highest BCUT2D eigenvalue weighted by Crippen LogP contribution is 2.45. The van der Waals surface area contributed by atoms with Gasteiger partial charge in [-0.25, -0.2) is 4.39 Å². The van der Waals surface area contributed by atoms with Crippen LogP contribution in [-0.4, -0.2) is 37.6 Å². The number of hydrogen-bond acceptors (Lipinski definition) is 2. The minimum atomic E-state index is -0.462. The molecule has 1 aromatic carbocycles. The minimum Gasteiger partial charge on any atom is -0.383 e. The third-order valence-corrected chi connectivity index (χ3v) is 4.45. The summed E-state index contributed by atoms with van der Waals surface area (Å²) in [6, 6.07) is 6.42. The lowest BCUT2D eigenvalue weighted by molar-refractivity contribution is -0.142. The molecule has 1 saturated carbocycles. The van der Waals surface area contributed by atoms with Gasteiger partial charge in [-0.05, 0) is 36.5 Å².